The molecule has 2 rings (SSSR count). The molecule has 0 bridgehead atoms. The van der Waals surface area contributed by atoms with Gasteiger partial charge in [0.1, 0.15) is 0 Å². The first-order valence-electron chi connectivity index (χ1n) is 7.09. The summed E-state index contributed by atoms with van der Waals surface area (Å²) >= 11 is 0. The number of hydrogen-bond donors (Lipinski definition) is 1. The predicted molar refractivity (Wildman–Crippen MR) is 83.9 cm³/mol. The van der Waals surface area contributed by atoms with Crippen molar-refractivity contribution in [3.05, 3.63) is 65.2 Å². The summed E-state index contributed by atoms with van der Waals surface area (Å²) in [5.41, 5.74) is 3.78. The van der Waals surface area contributed by atoms with Crippen LogP contribution in [-0.2, 0) is 17.6 Å². The van der Waals surface area contributed by atoms with E-state index in [9.17, 15) is 4.79 Å². The third-order valence-electron chi connectivity index (χ3n) is 3.37. The van der Waals surface area contributed by atoms with Gasteiger partial charge in [-0.1, -0.05) is 31.2 Å². The second-order valence-electron chi connectivity index (χ2n) is 4.91. The zero-order valence-electron chi connectivity index (χ0n) is 12.1. The van der Waals surface area contributed by atoms with Crippen LogP contribution >= 0.6 is 0 Å². The summed E-state index contributed by atoms with van der Waals surface area (Å²) in [6.45, 7) is 2.13. The summed E-state index contributed by atoms with van der Waals surface area (Å²) in [5.74, 6) is -0.0146. The number of carbonyl (C=O) groups is 1. The van der Waals surface area contributed by atoms with Crippen molar-refractivity contribution < 1.29 is 4.79 Å². The molecule has 0 aliphatic carbocycles. The quantitative estimate of drug-likeness (QED) is 0.906. The van der Waals surface area contributed by atoms with Crippen LogP contribution in [0.1, 0.15) is 30.0 Å². The normalized spacial score (nSPS) is 9.90. The van der Waals surface area contributed by atoms with Crippen molar-refractivity contribution >= 4 is 11.6 Å². The number of carbonyl (C=O) groups excluding carboxylic acids is 1. The second kappa shape index (κ2) is 7.25. The highest BCUT2D eigenvalue weighted by atomic mass is 16.1. The molecule has 2 aromatic rings. The number of rotatable bonds is 5. The van der Waals surface area contributed by atoms with E-state index < -0.39 is 0 Å². The lowest BCUT2D eigenvalue weighted by Crippen LogP contribution is -2.12. The Morgan fingerprint density at radius 3 is 2.24 bits per heavy atom. The third-order valence-corrected chi connectivity index (χ3v) is 3.37. The van der Waals surface area contributed by atoms with Gasteiger partial charge in [0.25, 0.3) is 0 Å². The zero-order valence-corrected chi connectivity index (χ0v) is 12.1. The summed E-state index contributed by atoms with van der Waals surface area (Å²) in [4.78, 5) is 11.9. The molecule has 0 unspecified atom stereocenters. The van der Waals surface area contributed by atoms with Crippen LogP contribution in [0.4, 0.5) is 5.69 Å². The minimum atomic E-state index is -0.0146. The van der Waals surface area contributed by atoms with Crippen LogP contribution in [-0.4, -0.2) is 5.91 Å². The Labute approximate surface area is 125 Å². The highest BCUT2D eigenvalue weighted by Crippen LogP contribution is 2.11. The van der Waals surface area contributed by atoms with Crippen LogP contribution in [0.5, 0.6) is 0 Å². The average molecular weight is 278 g/mol. The van der Waals surface area contributed by atoms with Gasteiger partial charge in [-0.05, 0) is 48.2 Å². The topological polar surface area (TPSA) is 52.9 Å². The molecule has 21 heavy (non-hydrogen) atoms. The Hall–Kier alpha value is -2.60. The minimum absolute atomic E-state index is 0.0146. The molecule has 3 heteroatoms. The summed E-state index contributed by atoms with van der Waals surface area (Å²) in [6, 6.07) is 17.3. The van der Waals surface area contributed by atoms with Gasteiger partial charge in [0, 0.05) is 12.1 Å². The van der Waals surface area contributed by atoms with E-state index in [1.165, 1.54) is 11.1 Å². The van der Waals surface area contributed by atoms with E-state index in [1.54, 1.807) is 24.3 Å². The monoisotopic (exact) mass is 278 g/mol. The number of nitriles is 1. The molecule has 1 amide bonds. The number of nitrogens with one attached hydrogen (secondary N) is 1. The van der Waals surface area contributed by atoms with E-state index in [0.717, 1.165) is 18.5 Å². The molecule has 0 heterocycles. The second-order valence-corrected chi connectivity index (χ2v) is 4.91. The lowest BCUT2D eigenvalue weighted by atomic mass is 10.1. The molecular weight excluding hydrogens is 260 g/mol. The Kier molecular flexibility index (Phi) is 5.11. The van der Waals surface area contributed by atoms with Crippen molar-refractivity contribution in [3.8, 4) is 6.07 Å². The summed E-state index contributed by atoms with van der Waals surface area (Å²) < 4.78 is 0. The van der Waals surface area contributed by atoms with Crippen LogP contribution in [0, 0.1) is 11.3 Å². The fourth-order valence-corrected chi connectivity index (χ4v) is 2.05. The molecule has 0 spiro atoms. The smallest absolute Gasteiger partial charge is 0.224 e. The molecule has 0 aromatic heterocycles. The molecule has 1 N–H and O–H groups in total. The largest absolute Gasteiger partial charge is 0.326 e. The van der Waals surface area contributed by atoms with Crippen LogP contribution in [0.15, 0.2) is 48.5 Å². The molecular formula is C18H18N2O. The van der Waals surface area contributed by atoms with Gasteiger partial charge in [0.05, 0.1) is 11.6 Å². The number of hydrogen-bond acceptors (Lipinski definition) is 2. The maximum Gasteiger partial charge on any atom is 0.224 e. The van der Waals surface area contributed by atoms with Crippen LogP contribution < -0.4 is 5.32 Å². The van der Waals surface area contributed by atoms with Gasteiger partial charge in [-0.15, -0.1) is 0 Å². The van der Waals surface area contributed by atoms with Crippen LogP contribution in [0.25, 0.3) is 0 Å². The first-order chi connectivity index (χ1) is 10.2. The minimum Gasteiger partial charge on any atom is -0.326 e. The van der Waals surface area contributed by atoms with Crippen molar-refractivity contribution in [1.82, 2.24) is 0 Å². The van der Waals surface area contributed by atoms with E-state index >= 15 is 0 Å². The van der Waals surface area contributed by atoms with Crippen molar-refractivity contribution in [3.63, 3.8) is 0 Å². The lowest BCUT2D eigenvalue weighted by molar-refractivity contribution is -0.116. The van der Waals surface area contributed by atoms with Crippen molar-refractivity contribution in [1.29, 1.82) is 5.26 Å². The van der Waals surface area contributed by atoms with E-state index in [1.807, 2.05) is 0 Å². The summed E-state index contributed by atoms with van der Waals surface area (Å²) in [5, 5.41) is 11.6. The molecule has 2 aromatic carbocycles. The number of aryl methyl sites for hydroxylation is 2. The van der Waals surface area contributed by atoms with E-state index in [-0.39, 0.29) is 5.91 Å². The maximum absolute atomic E-state index is 11.9. The average Bonchev–Trinajstić information content (AvgIpc) is 2.54. The van der Waals surface area contributed by atoms with Gasteiger partial charge < -0.3 is 5.32 Å². The highest BCUT2D eigenvalue weighted by Gasteiger charge is 2.03. The van der Waals surface area contributed by atoms with E-state index in [0.29, 0.717) is 12.0 Å². The zero-order chi connectivity index (χ0) is 15.1. The Balaban J connectivity index is 1.85. The third kappa shape index (κ3) is 4.47. The predicted octanol–water partition coefficient (Wildman–Crippen LogP) is 3.69. The Bertz CT molecular complexity index is 636. The van der Waals surface area contributed by atoms with Crippen molar-refractivity contribution in [2.24, 2.45) is 0 Å². The number of benzene rings is 2. The maximum atomic E-state index is 11.9. The molecule has 0 aliphatic rings. The lowest BCUT2D eigenvalue weighted by Gasteiger charge is -2.06. The molecule has 0 radical (unpaired) electrons. The van der Waals surface area contributed by atoms with Gasteiger partial charge in [-0.25, -0.2) is 0 Å². The SMILES string of the molecule is CCc1ccc(CCC(=O)Nc2ccc(C#N)cc2)cc1. The van der Waals surface area contributed by atoms with Gasteiger partial charge in [0.2, 0.25) is 5.91 Å². The fraction of sp³-hybridized carbons (Fsp3) is 0.222. The van der Waals surface area contributed by atoms with Crippen LogP contribution in [0.3, 0.4) is 0 Å². The molecule has 106 valence electrons. The van der Waals surface area contributed by atoms with E-state index in [2.05, 4.69) is 42.6 Å². The Morgan fingerprint density at radius 1 is 1.05 bits per heavy atom. The van der Waals surface area contributed by atoms with Crippen molar-refractivity contribution in [2.45, 2.75) is 26.2 Å². The molecule has 0 saturated carbocycles. The number of nitrogens with zero attached hydrogens (tertiary/aromatic N) is 1. The fourth-order valence-electron chi connectivity index (χ4n) is 2.05. The molecule has 0 atom stereocenters. The van der Waals surface area contributed by atoms with Crippen LogP contribution in [0.2, 0.25) is 0 Å². The summed E-state index contributed by atoms with van der Waals surface area (Å²) in [6.07, 6.45) is 2.21. The number of anilines is 1. The van der Waals surface area contributed by atoms with Gasteiger partial charge in [0.15, 0.2) is 0 Å². The first kappa shape index (κ1) is 14.8. The molecule has 0 saturated heterocycles. The summed E-state index contributed by atoms with van der Waals surface area (Å²) in [7, 11) is 0. The number of amides is 1. The first-order valence-corrected chi connectivity index (χ1v) is 7.09. The van der Waals surface area contributed by atoms with Crippen molar-refractivity contribution in [2.75, 3.05) is 5.32 Å². The highest BCUT2D eigenvalue weighted by molar-refractivity contribution is 5.90. The van der Waals surface area contributed by atoms with Gasteiger partial charge in [-0.2, -0.15) is 5.26 Å². The van der Waals surface area contributed by atoms with Gasteiger partial charge >= 0.3 is 0 Å². The Morgan fingerprint density at radius 2 is 1.67 bits per heavy atom. The van der Waals surface area contributed by atoms with E-state index in [4.69, 9.17) is 5.26 Å². The molecule has 0 aliphatic heterocycles. The van der Waals surface area contributed by atoms with Gasteiger partial charge in [-0.3, -0.25) is 4.79 Å². The standard InChI is InChI=1S/C18H18N2O/c1-2-14-3-5-15(6-4-14)9-12-18(21)20-17-10-7-16(13-19)8-11-17/h3-8,10-11H,2,9,12H2,1H3,(H,20,21). The molecule has 0 fully saturated rings. The molecule has 3 nitrogen and oxygen atoms in total.